The fraction of sp³-hybridized carbons (Fsp3) is 0.429. The van der Waals surface area contributed by atoms with Crippen LogP contribution in [0.3, 0.4) is 0 Å². The predicted octanol–water partition coefficient (Wildman–Crippen LogP) is 3.70. The second-order valence-corrected chi connectivity index (χ2v) is 7.15. The smallest absolute Gasteiger partial charge is 0.193 e. The van der Waals surface area contributed by atoms with Gasteiger partial charge in [-0.25, -0.2) is 9.98 Å². The molecule has 3 N–H and O–H groups in total. The predicted molar refractivity (Wildman–Crippen MR) is 112 cm³/mol. The molecule has 2 aromatic rings. The molecule has 1 aliphatic heterocycles. The molecule has 0 aliphatic carbocycles. The molecule has 3 rings (SSSR count). The number of aliphatic imine (C=N–C) groups is 1. The first kappa shape index (κ1) is 19.0. The molecule has 0 saturated carbocycles. The minimum absolute atomic E-state index is 0.156. The number of guanidine groups is 1. The second-order valence-electron chi connectivity index (χ2n) is 7.15. The average molecular weight is 367 g/mol. The van der Waals surface area contributed by atoms with E-state index in [-0.39, 0.29) is 6.10 Å². The summed E-state index contributed by atoms with van der Waals surface area (Å²) in [5, 5.41) is 3.13. The van der Waals surface area contributed by atoms with Crippen LogP contribution in [0.4, 0.5) is 11.5 Å². The topological polar surface area (TPSA) is 75.8 Å². The van der Waals surface area contributed by atoms with Crippen molar-refractivity contribution in [3.63, 3.8) is 0 Å². The lowest BCUT2D eigenvalue weighted by atomic mass is 10.2. The Balaban J connectivity index is 1.65. The SMILES string of the molecule is Cc1ccc(CN=C(N)Nc2ccc(OC(C)C)cc2)c(N2CCCC2)n1. The molecule has 27 heavy (non-hydrogen) atoms. The Bertz CT molecular complexity index is 780. The van der Waals surface area contributed by atoms with Crippen LogP contribution in [-0.2, 0) is 6.54 Å². The van der Waals surface area contributed by atoms with E-state index in [1.807, 2.05) is 51.1 Å². The van der Waals surface area contributed by atoms with E-state index in [4.69, 9.17) is 15.5 Å². The molecule has 0 bridgehead atoms. The fourth-order valence-corrected chi connectivity index (χ4v) is 3.14. The van der Waals surface area contributed by atoms with Crippen molar-refractivity contribution in [2.45, 2.75) is 46.3 Å². The van der Waals surface area contributed by atoms with Gasteiger partial charge in [0, 0.05) is 30.0 Å². The standard InChI is InChI=1S/C21H29N5O/c1-15(2)27-19-10-8-18(9-11-19)25-21(22)23-14-17-7-6-16(3)24-20(17)26-12-4-5-13-26/h6-11,15H,4-5,12-14H2,1-3H3,(H3,22,23,25). The molecule has 0 atom stereocenters. The van der Waals surface area contributed by atoms with Crippen LogP contribution >= 0.6 is 0 Å². The molecule has 0 spiro atoms. The van der Waals surface area contributed by atoms with Crippen LogP contribution in [0.1, 0.15) is 37.9 Å². The third-order valence-electron chi connectivity index (χ3n) is 4.42. The van der Waals surface area contributed by atoms with Crippen LogP contribution in [0.5, 0.6) is 5.75 Å². The summed E-state index contributed by atoms with van der Waals surface area (Å²) in [5.41, 5.74) is 9.09. The number of aryl methyl sites for hydroxylation is 1. The number of hydrogen-bond donors (Lipinski definition) is 2. The van der Waals surface area contributed by atoms with Crippen LogP contribution in [-0.4, -0.2) is 30.1 Å². The van der Waals surface area contributed by atoms with Gasteiger partial charge in [-0.3, -0.25) is 0 Å². The summed E-state index contributed by atoms with van der Waals surface area (Å²) in [6, 6.07) is 11.8. The first-order valence-electron chi connectivity index (χ1n) is 9.56. The maximum atomic E-state index is 6.08. The number of ether oxygens (including phenoxy) is 1. The molecule has 2 heterocycles. The molecule has 0 radical (unpaired) electrons. The van der Waals surface area contributed by atoms with Crippen molar-refractivity contribution in [1.29, 1.82) is 0 Å². The van der Waals surface area contributed by atoms with Crippen molar-refractivity contribution < 1.29 is 4.74 Å². The van der Waals surface area contributed by atoms with Crippen LogP contribution in [0.2, 0.25) is 0 Å². The van der Waals surface area contributed by atoms with E-state index in [9.17, 15) is 0 Å². The monoisotopic (exact) mass is 367 g/mol. The van der Waals surface area contributed by atoms with Gasteiger partial charge in [-0.05, 0) is 63.9 Å². The third-order valence-corrected chi connectivity index (χ3v) is 4.42. The van der Waals surface area contributed by atoms with E-state index in [1.54, 1.807) is 0 Å². The second kappa shape index (κ2) is 8.75. The molecule has 6 heteroatoms. The minimum atomic E-state index is 0.156. The number of anilines is 2. The first-order chi connectivity index (χ1) is 13.0. The van der Waals surface area contributed by atoms with Gasteiger partial charge in [0.05, 0.1) is 12.6 Å². The Kier molecular flexibility index (Phi) is 6.16. The number of nitrogens with zero attached hydrogens (tertiary/aromatic N) is 3. The normalized spacial score (nSPS) is 14.7. The van der Waals surface area contributed by atoms with E-state index in [0.717, 1.165) is 41.6 Å². The van der Waals surface area contributed by atoms with Gasteiger partial charge in [0.2, 0.25) is 0 Å². The first-order valence-corrected chi connectivity index (χ1v) is 9.56. The summed E-state index contributed by atoms with van der Waals surface area (Å²) in [6.45, 7) is 8.67. The zero-order valence-corrected chi connectivity index (χ0v) is 16.4. The quantitative estimate of drug-likeness (QED) is 0.601. The van der Waals surface area contributed by atoms with E-state index in [0.29, 0.717) is 12.5 Å². The van der Waals surface area contributed by atoms with Crippen LogP contribution in [0, 0.1) is 6.92 Å². The summed E-state index contributed by atoms with van der Waals surface area (Å²) in [5.74, 6) is 2.27. The lowest BCUT2D eigenvalue weighted by molar-refractivity contribution is 0.242. The number of benzene rings is 1. The van der Waals surface area contributed by atoms with E-state index in [2.05, 4.69) is 21.3 Å². The maximum absolute atomic E-state index is 6.08. The largest absolute Gasteiger partial charge is 0.491 e. The molecule has 1 saturated heterocycles. The number of nitrogens with two attached hydrogens (primary N) is 1. The Labute approximate surface area is 161 Å². The van der Waals surface area contributed by atoms with Gasteiger partial charge in [-0.15, -0.1) is 0 Å². The van der Waals surface area contributed by atoms with Gasteiger partial charge >= 0.3 is 0 Å². The summed E-state index contributed by atoms with van der Waals surface area (Å²) in [7, 11) is 0. The fourth-order valence-electron chi connectivity index (χ4n) is 3.14. The molecule has 0 amide bonds. The molecule has 1 aromatic heterocycles. The molecule has 1 aromatic carbocycles. The van der Waals surface area contributed by atoms with Gasteiger partial charge in [-0.2, -0.15) is 0 Å². The van der Waals surface area contributed by atoms with Crippen LogP contribution < -0.4 is 20.7 Å². The number of pyridine rings is 1. The molecule has 0 unspecified atom stereocenters. The van der Waals surface area contributed by atoms with Crippen LogP contribution in [0.25, 0.3) is 0 Å². The van der Waals surface area contributed by atoms with Gasteiger partial charge in [0.25, 0.3) is 0 Å². The highest BCUT2D eigenvalue weighted by atomic mass is 16.5. The lowest BCUT2D eigenvalue weighted by Gasteiger charge is -2.20. The van der Waals surface area contributed by atoms with Gasteiger partial charge in [0.1, 0.15) is 11.6 Å². The van der Waals surface area contributed by atoms with Gasteiger partial charge < -0.3 is 20.7 Å². The number of aromatic nitrogens is 1. The molecule has 6 nitrogen and oxygen atoms in total. The van der Waals surface area contributed by atoms with Crippen molar-refractivity contribution >= 4 is 17.5 Å². The zero-order chi connectivity index (χ0) is 19.2. The van der Waals surface area contributed by atoms with E-state index in [1.165, 1.54) is 12.8 Å². The zero-order valence-electron chi connectivity index (χ0n) is 16.4. The highest BCUT2D eigenvalue weighted by Crippen LogP contribution is 2.23. The van der Waals surface area contributed by atoms with Crippen molar-refractivity contribution in [1.82, 2.24) is 4.98 Å². The Hall–Kier alpha value is -2.76. The highest BCUT2D eigenvalue weighted by Gasteiger charge is 2.17. The Morgan fingerprint density at radius 1 is 1.19 bits per heavy atom. The van der Waals surface area contributed by atoms with E-state index >= 15 is 0 Å². The average Bonchev–Trinajstić information content (AvgIpc) is 3.16. The molecular weight excluding hydrogens is 338 g/mol. The Morgan fingerprint density at radius 2 is 1.89 bits per heavy atom. The van der Waals surface area contributed by atoms with Gasteiger partial charge in [-0.1, -0.05) is 6.07 Å². The summed E-state index contributed by atoms with van der Waals surface area (Å²) >= 11 is 0. The molecule has 1 aliphatic rings. The summed E-state index contributed by atoms with van der Waals surface area (Å²) < 4.78 is 5.65. The van der Waals surface area contributed by atoms with Crippen molar-refractivity contribution in [3.05, 3.63) is 47.7 Å². The van der Waals surface area contributed by atoms with Crippen molar-refractivity contribution in [3.8, 4) is 5.75 Å². The number of hydrogen-bond acceptors (Lipinski definition) is 4. The van der Waals surface area contributed by atoms with Crippen molar-refractivity contribution in [2.24, 2.45) is 10.7 Å². The lowest BCUT2D eigenvalue weighted by Crippen LogP contribution is -2.23. The molecule has 1 fully saturated rings. The van der Waals surface area contributed by atoms with E-state index < -0.39 is 0 Å². The highest BCUT2D eigenvalue weighted by molar-refractivity contribution is 5.92. The number of rotatable bonds is 6. The molecule has 144 valence electrons. The third kappa shape index (κ3) is 5.36. The van der Waals surface area contributed by atoms with Crippen LogP contribution in [0.15, 0.2) is 41.4 Å². The van der Waals surface area contributed by atoms with Gasteiger partial charge in [0.15, 0.2) is 5.96 Å². The summed E-state index contributed by atoms with van der Waals surface area (Å²) in [6.07, 6.45) is 2.60. The summed E-state index contributed by atoms with van der Waals surface area (Å²) in [4.78, 5) is 11.6. The maximum Gasteiger partial charge on any atom is 0.193 e. The van der Waals surface area contributed by atoms with Crippen molar-refractivity contribution in [2.75, 3.05) is 23.3 Å². The number of nitrogens with one attached hydrogen (secondary N) is 1. The minimum Gasteiger partial charge on any atom is -0.491 e. The molecular formula is C21H29N5O. The Morgan fingerprint density at radius 3 is 2.56 bits per heavy atom.